The van der Waals surface area contributed by atoms with E-state index in [0.29, 0.717) is 11.1 Å². The molecule has 0 radical (unpaired) electrons. The Morgan fingerprint density at radius 2 is 0.851 bits per heavy atom. The van der Waals surface area contributed by atoms with Crippen molar-refractivity contribution in [1.82, 2.24) is 0 Å². The number of halogens is 10. The van der Waals surface area contributed by atoms with Crippen LogP contribution in [0.1, 0.15) is 70.2 Å². The molecule has 350 valence electrons. The number of hydrogen-bond acceptors (Lipinski definition) is 6. The molecule has 6 aromatic carbocycles. The van der Waals surface area contributed by atoms with Crippen LogP contribution >= 0.6 is 18.6 Å². The van der Waals surface area contributed by atoms with Crippen LogP contribution in [0.2, 0.25) is 0 Å². The van der Waals surface area contributed by atoms with E-state index in [4.69, 9.17) is 18.6 Å². The Morgan fingerprint density at radius 3 is 1.13 bits per heavy atom. The van der Waals surface area contributed by atoms with Crippen LogP contribution in [-0.2, 0) is 17.0 Å². The number of rotatable bonds is 14. The van der Waals surface area contributed by atoms with Crippen molar-refractivity contribution < 1.29 is 71.8 Å². The summed E-state index contributed by atoms with van der Waals surface area (Å²) < 4.78 is 124. The number of phenols is 2. The van der Waals surface area contributed by atoms with Crippen molar-refractivity contribution in [3.05, 3.63) is 201 Å². The van der Waals surface area contributed by atoms with Gasteiger partial charge in [0.05, 0.1) is 0 Å². The van der Waals surface area contributed by atoms with Gasteiger partial charge in [-0.1, -0.05) is 112 Å². The van der Waals surface area contributed by atoms with Gasteiger partial charge in [-0.25, -0.2) is 27.5 Å². The summed E-state index contributed by atoms with van der Waals surface area (Å²) in [5, 5.41) is 21.5. The number of hydrogen-bond donors (Lipinski definition) is 2. The number of ether oxygens (including phenoxy) is 2. The third-order valence-electron chi connectivity index (χ3n) is 9.91. The zero-order valence-corrected chi connectivity index (χ0v) is 39.3. The van der Waals surface area contributed by atoms with Crippen LogP contribution in [0.3, 0.4) is 0 Å². The summed E-state index contributed by atoms with van der Waals surface area (Å²) in [6.45, 7) is 13.3. The van der Waals surface area contributed by atoms with Crippen molar-refractivity contribution in [1.29, 1.82) is 0 Å². The Hall–Kier alpha value is -5.93. The second kappa shape index (κ2) is 25.3. The Morgan fingerprint density at radius 1 is 0.552 bits per heavy atom. The fourth-order valence-electron chi connectivity index (χ4n) is 6.60. The van der Waals surface area contributed by atoms with Gasteiger partial charge < -0.3 is 19.7 Å². The van der Waals surface area contributed by atoms with Crippen molar-refractivity contribution in [2.24, 2.45) is 9.98 Å². The molecule has 0 aromatic heterocycles. The molecule has 2 unspecified atom stereocenters. The summed E-state index contributed by atoms with van der Waals surface area (Å²) in [5.74, 6) is -16.7. The molecule has 0 spiro atoms. The molecule has 0 aliphatic carbocycles. The van der Waals surface area contributed by atoms with Crippen LogP contribution < -0.4 is 9.47 Å². The van der Waals surface area contributed by atoms with Gasteiger partial charge in [-0.15, -0.1) is 0 Å². The molecule has 67 heavy (non-hydrogen) atoms. The summed E-state index contributed by atoms with van der Waals surface area (Å²) in [6, 6.07) is 25.5. The molecule has 6 aromatic rings. The predicted molar refractivity (Wildman–Crippen MR) is 244 cm³/mol. The van der Waals surface area contributed by atoms with E-state index in [-0.39, 0.29) is 47.7 Å². The third kappa shape index (κ3) is 13.2. The van der Waals surface area contributed by atoms with E-state index < -0.39 is 86.4 Å². The topological polar surface area (TPSA) is 83.6 Å². The monoisotopic (exact) mass is 1000 g/mol. The van der Waals surface area contributed by atoms with Crippen LogP contribution in [0.15, 0.2) is 120 Å². The van der Waals surface area contributed by atoms with Gasteiger partial charge in [0.1, 0.15) is 36.1 Å². The maximum atomic E-state index is 14.4. The summed E-state index contributed by atoms with van der Waals surface area (Å²) in [5.41, 5.74) is 2.54. The standard InChI is InChI=1S/2C25H21F4NO2.2ClH.Ti/c2*1-4-10-32-25-21(28)19(26)23(20(27)22(25)29)30-13-17-11-14(2)12-18(24(17)31)15(3)16-8-6-5-7-9-16;;;/h2*4-9,11-13,15,31H,1,10H2,2-3H3;2*1H;/q;;;;+2/p-2. The van der Waals surface area contributed by atoms with Crippen LogP contribution in [0.25, 0.3) is 0 Å². The molecule has 6 rings (SSSR count). The zero-order valence-electron chi connectivity index (χ0n) is 36.3. The first-order chi connectivity index (χ1) is 31.9. The van der Waals surface area contributed by atoms with Crippen LogP contribution in [0.4, 0.5) is 46.5 Å². The van der Waals surface area contributed by atoms with E-state index >= 15 is 0 Å². The number of aryl methyl sites for hydroxylation is 2. The van der Waals surface area contributed by atoms with Gasteiger partial charge in [-0.05, 0) is 48.2 Å². The molecule has 0 saturated carbocycles. The Bertz CT molecular complexity index is 2520. The predicted octanol–water partition coefficient (Wildman–Crippen LogP) is 14.8. The van der Waals surface area contributed by atoms with Crippen LogP contribution in [-0.4, -0.2) is 35.9 Å². The molecule has 0 amide bonds. The molecule has 0 aliphatic rings. The Balaban J connectivity index is 0.000000276. The first-order valence-electron chi connectivity index (χ1n) is 19.9. The Labute approximate surface area is 399 Å². The van der Waals surface area contributed by atoms with Gasteiger partial charge >= 0.3 is 35.6 Å². The molecule has 0 aliphatic heterocycles. The average Bonchev–Trinajstić information content (AvgIpc) is 3.32. The molecule has 17 heteroatoms. The third-order valence-corrected chi connectivity index (χ3v) is 9.91. The van der Waals surface area contributed by atoms with Crippen LogP contribution in [0.5, 0.6) is 23.0 Å². The fraction of sp³-hybridized carbons (Fsp3) is 0.160. The SMILES string of the molecule is C=CCOc1c(F)c(F)c(N=Cc2cc(C)cc(C(C)c3ccccc3)c2O)c(F)c1F.C=CCOc1c(F)c(F)c(N=Cc2cc(C)cc(C(C)c3ccccc3)c2O)c(F)c1F.[Cl][Ti][Cl]. The van der Waals surface area contributed by atoms with Crippen molar-refractivity contribution >= 4 is 42.4 Å². The average molecular weight is 1010 g/mol. The normalized spacial score (nSPS) is 11.9. The first kappa shape index (κ1) is 53.7. The first-order valence-corrected chi connectivity index (χ1v) is 24.2. The molecule has 0 fully saturated rings. The molecular weight excluding hydrogens is 963 g/mol. The van der Waals surface area contributed by atoms with Gasteiger partial charge in [-0.3, -0.25) is 0 Å². The van der Waals surface area contributed by atoms with Gasteiger partial charge in [0, 0.05) is 46.5 Å². The number of benzene rings is 6. The summed E-state index contributed by atoms with van der Waals surface area (Å²) >= 11 is -0.556. The van der Waals surface area contributed by atoms with E-state index in [1.807, 2.05) is 74.5 Å². The molecular formula is C50H42Cl2F8N2O4Ti. The van der Waals surface area contributed by atoms with E-state index in [0.717, 1.165) is 34.7 Å². The molecule has 2 N–H and O–H groups in total. The maximum absolute atomic E-state index is 14.4. The molecule has 6 nitrogen and oxygen atoms in total. The number of nitrogens with zero attached hydrogens (tertiary/aromatic N) is 2. The van der Waals surface area contributed by atoms with Gasteiger partial charge in [0.15, 0.2) is 34.8 Å². The molecule has 0 saturated heterocycles. The summed E-state index contributed by atoms with van der Waals surface area (Å²) in [4.78, 5) is 7.21. The van der Waals surface area contributed by atoms with Gasteiger partial charge in [0.2, 0.25) is 23.3 Å². The zero-order chi connectivity index (χ0) is 49.5. The van der Waals surface area contributed by atoms with Gasteiger partial charge in [0.25, 0.3) is 0 Å². The second-order valence-corrected chi connectivity index (χ2v) is 17.1. The Kier molecular flexibility index (Phi) is 20.3. The molecule has 2 atom stereocenters. The minimum atomic E-state index is -1.70. The summed E-state index contributed by atoms with van der Waals surface area (Å²) in [6.07, 6.45) is 4.28. The van der Waals surface area contributed by atoms with E-state index in [9.17, 15) is 45.3 Å². The molecule has 0 bridgehead atoms. The fourth-order valence-corrected chi connectivity index (χ4v) is 6.60. The number of aromatic hydroxyl groups is 2. The van der Waals surface area contributed by atoms with Crippen molar-refractivity contribution in [3.63, 3.8) is 0 Å². The van der Waals surface area contributed by atoms with Crippen LogP contribution in [0, 0.1) is 60.4 Å². The minimum absolute atomic E-state index is 0.148. The van der Waals surface area contributed by atoms with Crippen molar-refractivity contribution in [2.75, 3.05) is 13.2 Å². The van der Waals surface area contributed by atoms with Crippen molar-refractivity contribution in [3.8, 4) is 23.0 Å². The van der Waals surface area contributed by atoms with Gasteiger partial charge in [-0.2, -0.15) is 17.6 Å². The quantitative estimate of drug-likeness (QED) is 0.0374. The summed E-state index contributed by atoms with van der Waals surface area (Å²) in [7, 11) is 9.78. The van der Waals surface area contributed by atoms with E-state index in [2.05, 4.69) is 32.6 Å². The number of aliphatic imine (C=N–C) groups is 2. The second-order valence-electron chi connectivity index (χ2n) is 14.5. The molecule has 0 heterocycles. The number of phenolic OH excluding ortho intramolecular Hbond substituents is 2. The van der Waals surface area contributed by atoms with Crippen molar-refractivity contribution in [2.45, 2.75) is 39.5 Å². The van der Waals surface area contributed by atoms with E-state index in [1.165, 1.54) is 12.2 Å². The van der Waals surface area contributed by atoms with E-state index in [1.54, 1.807) is 38.1 Å².